The van der Waals surface area contributed by atoms with E-state index in [2.05, 4.69) is 10.3 Å². The SMILES string of the molecule is CCc1ccc(CNc2c(F)c(F)nc(F)c2F)s1. The third-order valence-electron chi connectivity index (χ3n) is 2.50. The van der Waals surface area contributed by atoms with Gasteiger partial charge in [0.25, 0.3) is 11.9 Å². The molecule has 0 unspecified atom stereocenters. The minimum Gasteiger partial charge on any atom is -0.375 e. The first kappa shape index (κ1) is 13.8. The van der Waals surface area contributed by atoms with Gasteiger partial charge < -0.3 is 5.32 Å². The van der Waals surface area contributed by atoms with Crippen molar-refractivity contribution in [3.8, 4) is 0 Å². The third kappa shape index (κ3) is 2.86. The van der Waals surface area contributed by atoms with Crippen molar-refractivity contribution in [1.82, 2.24) is 4.98 Å². The summed E-state index contributed by atoms with van der Waals surface area (Å²) < 4.78 is 52.4. The van der Waals surface area contributed by atoms with Gasteiger partial charge >= 0.3 is 0 Å². The van der Waals surface area contributed by atoms with Crippen molar-refractivity contribution in [2.75, 3.05) is 5.32 Å². The Labute approximate surface area is 111 Å². The molecule has 0 aromatic carbocycles. The molecule has 2 nitrogen and oxygen atoms in total. The first-order chi connectivity index (χ1) is 9.02. The Bertz CT molecular complexity index is 571. The van der Waals surface area contributed by atoms with Crippen molar-refractivity contribution < 1.29 is 17.6 Å². The summed E-state index contributed by atoms with van der Waals surface area (Å²) >= 11 is 1.46. The van der Waals surface area contributed by atoms with Gasteiger partial charge in [-0.15, -0.1) is 11.3 Å². The molecule has 102 valence electrons. The molecule has 2 aromatic rings. The van der Waals surface area contributed by atoms with Gasteiger partial charge in [-0.3, -0.25) is 0 Å². The van der Waals surface area contributed by atoms with Gasteiger partial charge in [0.2, 0.25) is 11.6 Å². The van der Waals surface area contributed by atoms with Crippen molar-refractivity contribution in [3.63, 3.8) is 0 Å². The number of aromatic nitrogens is 1. The Morgan fingerprint density at radius 1 is 1.05 bits per heavy atom. The van der Waals surface area contributed by atoms with Crippen LogP contribution in [0, 0.1) is 23.5 Å². The molecule has 1 N–H and O–H groups in total. The predicted molar refractivity (Wildman–Crippen MR) is 65.1 cm³/mol. The fraction of sp³-hybridized carbons (Fsp3) is 0.250. The largest absolute Gasteiger partial charge is 0.375 e. The molecule has 0 atom stereocenters. The molecule has 0 saturated carbocycles. The normalized spacial score (nSPS) is 10.8. The smallest absolute Gasteiger partial charge is 0.253 e. The molecule has 19 heavy (non-hydrogen) atoms. The fourth-order valence-electron chi connectivity index (χ4n) is 1.53. The van der Waals surface area contributed by atoms with Crippen LogP contribution in [0.2, 0.25) is 0 Å². The molecule has 7 heteroatoms. The number of nitrogens with one attached hydrogen (secondary N) is 1. The van der Waals surface area contributed by atoms with Crippen molar-refractivity contribution in [1.29, 1.82) is 0 Å². The minimum atomic E-state index is -1.66. The second-order valence-corrected chi connectivity index (χ2v) is 5.02. The summed E-state index contributed by atoms with van der Waals surface area (Å²) in [6, 6.07) is 3.68. The van der Waals surface area contributed by atoms with Gasteiger partial charge in [-0.1, -0.05) is 6.92 Å². The Morgan fingerprint density at radius 3 is 2.16 bits per heavy atom. The van der Waals surface area contributed by atoms with Crippen molar-refractivity contribution in [3.05, 3.63) is 45.4 Å². The summed E-state index contributed by atoms with van der Waals surface area (Å²) in [6.45, 7) is 2.07. The number of aryl methyl sites for hydroxylation is 1. The standard InChI is InChI=1S/C12H10F4N2S/c1-2-6-3-4-7(19-6)5-17-10-8(13)11(15)18-12(16)9(10)14/h3-4H,2,5H2,1H3,(H,17,18). The van der Waals surface area contributed by atoms with Gasteiger partial charge in [-0.25, -0.2) is 0 Å². The zero-order chi connectivity index (χ0) is 14.0. The van der Waals surface area contributed by atoms with E-state index in [1.807, 2.05) is 13.0 Å². The van der Waals surface area contributed by atoms with Gasteiger partial charge in [0.15, 0.2) is 0 Å². The highest BCUT2D eigenvalue weighted by Gasteiger charge is 2.20. The van der Waals surface area contributed by atoms with Crippen molar-refractivity contribution >= 4 is 17.0 Å². The summed E-state index contributed by atoms with van der Waals surface area (Å²) in [4.78, 5) is 4.41. The zero-order valence-electron chi connectivity index (χ0n) is 9.94. The second kappa shape index (κ2) is 5.56. The number of hydrogen-bond acceptors (Lipinski definition) is 3. The molecule has 0 radical (unpaired) electrons. The second-order valence-electron chi connectivity index (χ2n) is 3.77. The Hall–Kier alpha value is -1.63. The number of pyridine rings is 1. The molecule has 0 aliphatic carbocycles. The lowest BCUT2D eigenvalue weighted by Gasteiger charge is -2.08. The number of hydrogen-bond donors (Lipinski definition) is 1. The summed E-state index contributed by atoms with van der Waals surface area (Å²) in [5.41, 5.74) is -0.837. The zero-order valence-corrected chi connectivity index (χ0v) is 10.8. The molecule has 2 aromatic heterocycles. The average molecular weight is 290 g/mol. The maximum atomic E-state index is 13.3. The molecule has 0 amide bonds. The lowest BCUT2D eigenvalue weighted by molar-refractivity contribution is 0.410. The van der Waals surface area contributed by atoms with Crippen LogP contribution in [0.5, 0.6) is 0 Å². The highest BCUT2D eigenvalue weighted by Crippen LogP contribution is 2.24. The molecular formula is C12H10F4N2S. The molecule has 0 spiro atoms. The Kier molecular flexibility index (Phi) is 4.04. The molecule has 0 fully saturated rings. The molecule has 2 heterocycles. The Balaban J connectivity index is 2.19. The predicted octanol–water partition coefficient (Wildman–Crippen LogP) is 3.87. The van der Waals surface area contributed by atoms with Gasteiger partial charge in [0, 0.05) is 16.3 Å². The topological polar surface area (TPSA) is 24.9 Å². The highest BCUT2D eigenvalue weighted by molar-refractivity contribution is 7.12. The molecule has 0 aliphatic rings. The quantitative estimate of drug-likeness (QED) is 0.683. The van der Waals surface area contributed by atoms with E-state index in [0.717, 1.165) is 16.2 Å². The molecule has 0 aliphatic heterocycles. The fourth-order valence-corrected chi connectivity index (χ4v) is 2.42. The third-order valence-corrected chi connectivity index (χ3v) is 3.73. The van der Waals surface area contributed by atoms with Gasteiger partial charge in [0.05, 0.1) is 0 Å². The molecule has 2 rings (SSSR count). The van der Waals surface area contributed by atoms with Crippen molar-refractivity contribution in [2.45, 2.75) is 19.9 Å². The number of halogens is 4. The van der Waals surface area contributed by atoms with Crippen LogP contribution in [-0.4, -0.2) is 4.98 Å². The summed E-state index contributed by atoms with van der Waals surface area (Å²) in [7, 11) is 0. The number of anilines is 1. The van der Waals surface area contributed by atoms with Crippen LogP contribution in [0.4, 0.5) is 23.2 Å². The van der Waals surface area contributed by atoms with E-state index < -0.39 is 29.2 Å². The van der Waals surface area contributed by atoms with E-state index in [-0.39, 0.29) is 6.54 Å². The van der Waals surface area contributed by atoms with E-state index in [9.17, 15) is 17.6 Å². The number of rotatable bonds is 4. The maximum absolute atomic E-state index is 13.3. The average Bonchev–Trinajstić information content (AvgIpc) is 2.84. The van der Waals surface area contributed by atoms with E-state index >= 15 is 0 Å². The molecule has 0 saturated heterocycles. The number of thiophene rings is 1. The lowest BCUT2D eigenvalue weighted by Crippen LogP contribution is -2.08. The van der Waals surface area contributed by atoms with Crippen LogP contribution < -0.4 is 5.32 Å². The first-order valence-electron chi connectivity index (χ1n) is 5.54. The summed E-state index contributed by atoms with van der Waals surface area (Å²) in [5.74, 6) is -6.37. The molecule has 0 bridgehead atoms. The molecular weight excluding hydrogens is 280 g/mol. The lowest BCUT2D eigenvalue weighted by atomic mass is 10.3. The van der Waals surface area contributed by atoms with E-state index in [0.29, 0.717) is 0 Å². The van der Waals surface area contributed by atoms with E-state index in [1.165, 1.54) is 11.3 Å². The van der Waals surface area contributed by atoms with Crippen LogP contribution in [-0.2, 0) is 13.0 Å². The van der Waals surface area contributed by atoms with Crippen LogP contribution in [0.25, 0.3) is 0 Å². The number of nitrogens with zero attached hydrogens (tertiary/aromatic N) is 1. The maximum Gasteiger partial charge on any atom is 0.253 e. The highest BCUT2D eigenvalue weighted by atomic mass is 32.1. The van der Waals surface area contributed by atoms with E-state index in [1.54, 1.807) is 6.07 Å². The van der Waals surface area contributed by atoms with Gasteiger partial charge in [0.1, 0.15) is 5.69 Å². The van der Waals surface area contributed by atoms with Gasteiger partial charge in [-0.05, 0) is 18.6 Å². The van der Waals surface area contributed by atoms with Crippen LogP contribution in [0.1, 0.15) is 16.7 Å². The van der Waals surface area contributed by atoms with Crippen molar-refractivity contribution in [2.24, 2.45) is 0 Å². The minimum absolute atomic E-state index is 0.0847. The van der Waals surface area contributed by atoms with Crippen LogP contribution in [0.15, 0.2) is 12.1 Å². The van der Waals surface area contributed by atoms with E-state index in [4.69, 9.17) is 0 Å². The summed E-state index contributed by atoms with van der Waals surface area (Å²) in [6.07, 6.45) is 0.853. The summed E-state index contributed by atoms with van der Waals surface area (Å²) in [5, 5.41) is 2.36. The van der Waals surface area contributed by atoms with Crippen LogP contribution >= 0.6 is 11.3 Å². The van der Waals surface area contributed by atoms with Gasteiger partial charge in [-0.2, -0.15) is 22.5 Å². The monoisotopic (exact) mass is 290 g/mol. The van der Waals surface area contributed by atoms with Crippen LogP contribution in [0.3, 0.4) is 0 Å². The Morgan fingerprint density at radius 2 is 1.63 bits per heavy atom. The first-order valence-corrected chi connectivity index (χ1v) is 6.36.